The minimum Gasteiger partial charge on any atom is -0.491 e. The van der Waals surface area contributed by atoms with Crippen LogP contribution in [0.5, 0.6) is 5.75 Å². The highest BCUT2D eigenvalue weighted by atomic mass is 16.5. The van der Waals surface area contributed by atoms with E-state index in [2.05, 4.69) is 5.32 Å². The van der Waals surface area contributed by atoms with Gasteiger partial charge in [-0.1, -0.05) is 12.1 Å². The van der Waals surface area contributed by atoms with Gasteiger partial charge in [0.25, 0.3) is 5.91 Å². The van der Waals surface area contributed by atoms with Gasteiger partial charge in [0.1, 0.15) is 12.4 Å². The molecule has 2 aromatic carbocycles. The van der Waals surface area contributed by atoms with Gasteiger partial charge in [-0.05, 0) is 68.1 Å². The van der Waals surface area contributed by atoms with Gasteiger partial charge in [0.15, 0.2) is 0 Å². The Morgan fingerprint density at radius 3 is 2.62 bits per heavy atom. The molecule has 0 bridgehead atoms. The highest BCUT2D eigenvalue weighted by Crippen LogP contribution is 2.18. The number of ether oxygens (including phenoxy) is 2. The molecule has 1 atom stereocenters. The maximum atomic E-state index is 12.6. The maximum absolute atomic E-state index is 12.6. The second kappa shape index (κ2) is 9.56. The molecular weight excluding hydrogens is 368 g/mol. The largest absolute Gasteiger partial charge is 0.491 e. The second-order valence-corrected chi connectivity index (χ2v) is 7.50. The third kappa shape index (κ3) is 5.81. The monoisotopic (exact) mass is 396 g/mol. The van der Waals surface area contributed by atoms with Crippen LogP contribution in [-0.2, 0) is 9.53 Å². The molecule has 2 aromatic rings. The predicted molar refractivity (Wildman–Crippen MR) is 112 cm³/mol. The average Bonchev–Trinajstić information content (AvgIpc) is 3.22. The van der Waals surface area contributed by atoms with Crippen LogP contribution >= 0.6 is 0 Å². The lowest BCUT2D eigenvalue weighted by atomic mass is 10.1. The van der Waals surface area contributed by atoms with Gasteiger partial charge in [0.05, 0.1) is 12.6 Å². The third-order valence-corrected chi connectivity index (χ3v) is 4.96. The van der Waals surface area contributed by atoms with Crippen LogP contribution in [0.1, 0.15) is 34.3 Å². The van der Waals surface area contributed by atoms with Crippen molar-refractivity contribution in [3.63, 3.8) is 0 Å². The van der Waals surface area contributed by atoms with E-state index in [1.807, 2.05) is 32.0 Å². The summed E-state index contributed by atoms with van der Waals surface area (Å²) in [5.41, 5.74) is 3.33. The molecule has 0 unspecified atom stereocenters. The first-order valence-corrected chi connectivity index (χ1v) is 9.89. The molecule has 1 aliphatic rings. The molecule has 3 rings (SSSR count). The number of carbonyl (C=O) groups is 2. The topological polar surface area (TPSA) is 67.9 Å². The highest BCUT2D eigenvalue weighted by molar-refractivity contribution is 5.99. The summed E-state index contributed by atoms with van der Waals surface area (Å²) in [5.74, 6) is 0.255. The van der Waals surface area contributed by atoms with Crippen molar-refractivity contribution in [2.24, 2.45) is 0 Å². The minimum absolute atomic E-state index is 0.0243. The van der Waals surface area contributed by atoms with E-state index in [0.717, 1.165) is 36.3 Å². The van der Waals surface area contributed by atoms with Gasteiger partial charge in [0.2, 0.25) is 5.91 Å². The summed E-state index contributed by atoms with van der Waals surface area (Å²) >= 11 is 0. The molecule has 154 valence electrons. The number of nitrogens with one attached hydrogen (secondary N) is 1. The van der Waals surface area contributed by atoms with Crippen LogP contribution < -0.4 is 10.1 Å². The van der Waals surface area contributed by atoms with Crippen molar-refractivity contribution in [3.05, 3.63) is 59.2 Å². The number of rotatable bonds is 7. The van der Waals surface area contributed by atoms with Crippen LogP contribution in [0, 0.1) is 13.8 Å². The van der Waals surface area contributed by atoms with Crippen LogP contribution in [0.2, 0.25) is 0 Å². The molecule has 6 heteroatoms. The Bertz CT molecular complexity index is 858. The zero-order valence-electron chi connectivity index (χ0n) is 17.2. The maximum Gasteiger partial charge on any atom is 0.254 e. The summed E-state index contributed by atoms with van der Waals surface area (Å²) in [6.07, 6.45) is 2.24. The third-order valence-electron chi connectivity index (χ3n) is 4.96. The SMILES string of the molecule is Cc1ccc(C)c(NC(=O)CN(C)C(=O)c2ccc(OC[C@H]3CCCO3)cc2)c1. The van der Waals surface area contributed by atoms with Crippen molar-refractivity contribution in [1.29, 1.82) is 0 Å². The van der Waals surface area contributed by atoms with Crippen molar-refractivity contribution in [3.8, 4) is 5.75 Å². The van der Waals surface area contributed by atoms with Crippen LogP contribution in [0.25, 0.3) is 0 Å². The van der Waals surface area contributed by atoms with Crippen molar-refractivity contribution in [2.45, 2.75) is 32.8 Å². The molecule has 1 saturated heterocycles. The number of benzene rings is 2. The lowest BCUT2D eigenvalue weighted by Crippen LogP contribution is -2.35. The van der Waals surface area contributed by atoms with E-state index in [0.29, 0.717) is 17.9 Å². The molecule has 0 radical (unpaired) electrons. The van der Waals surface area contributed by atoms with Gasteiger partial charge < -0.3 is 19.7 Å². The summed E-state index contributed by atoms with van der Waals surface area (Å²) in [5, 5.41) is 2.88. The molecule has 1 heterocycles. The van der Waals surface area contributed by atoms with Gasteiger partial charge in [-0.2, -0.15) is 0 Å². The number of aryl methyl sites for hydroxylation is 2. The number of carbonyl (C=O) groups excluding carboxylic acids is 2. The molecule has 6 nitrogen and oxygen atoms in total. The van der Waals surface area contributed by atoms with Crippen molar-refractivity contribution in [1.82, 2.24) is 4.90 Å². The van der Waals surface area contributed by atoms with Crippen LogP contribution in [0.4, 0.5) is 5.69 Å². The van der Waals surface area contributed by atoms with E-state index in [1.54, 1.807) is 31.3 Å². The molecule has 0 saturated carbocycles. The molecule has 29 heavy (non-hydrogen) atoms. The summed E-state index contributed by atoms with van der Waals surface area (Å²) in [6, 6.07) is 12.8. The number of likely N-dealkylation sites (N-methyl/N-ethyl adjacent to an activating group) is 1. The summed E-state index contributed by atoms with van der Waals surface area (Å²) in [7, 11) is 1.62. The van der Waals surface area contributed by atoms with Crippen LogP contribution in [0.3, 0.4) is 0 Å². The molecule has 0 spiro atoms. The Labute approximate surface area is 171 Å². The second-order valence-electron chi connectivity index (χ2n) is 7.50. The lowest BCUT2D eigenvalue weighted by molar-refractivity contribution is -0.116. The van der Waals surface area contributed by atoms with E-state index in [4.69, 9.17) is 9.47 Å². The Morgan fingerprint density at radius 2 is 1.93 bits per heavy atom. The van der Waals surface area contributed by atoms with Gasteiger partial charge in [0, 0.05) is 24.9 Å². The quantitative estimate of drug-likeness (QED) is 0.777. The summed E-state index contributed by atoms with van der Waals surface area (Å²) in [4.78, 5) is 26.4. The number of hydrogen-bond donors (Lipinski definition) is 1. The van der Waals surface area contributed by atoms with E-state index in [1.165, 1.54) is 4.90 Å². The Morgan fingerprint density at radius 1 is 1.17 bits per heavy atom. The molecular formula is C23H28N2O4. The van der Waals surface area contributed by atoms with E-state index >= 15 is 0 Å². The zero-order valence-corrected chi connectivity index (χ0v) is 17.2. The number of nitrogens with zero attached hydrogens (tertiary/aromatic N) is 1. The van der Waals surface area contributed by atoms with E-state index in [9.17, 15) is 9.59 Å². The standard InChI is InChI=1S/C23H28N2O4/c1-16-6-7-17(2)21(13-16)24-22(26)14-25(3)23(27)18-8-10-19(11-9-18)29-15-20-5-4-12-28-20/h6-11,13,20H,4-5,12,14-15H2,1-3H3,(H,24,26)/t20-/m1/s1. The fourth-order valence-electron chi connectivity index (χ4n) is 3.23. The normalized spacial score (nSPS) is 15.8. The predicted octanol–water partition coefficient (Wildman–Crippen LogP) is 3.57. The van der Waals surface area contributed by atoms with E-state index < -0.39 is 0 Å². The van der Waals surface area contributed by atoms with Gasteiger partial charge >= 0.3 is 0 Å². The summed E-state index contributed by atoms with van der Waals surface area (Å²) < 4.78 is 11.3. The minimum atomic E-state index is -0.230. The fraction of sp³-hybridized carbons (Fsp3) is 0.391. The van der Waals surface area contributed by atoms with Crippen molar-refractivity contribution in [2.75, 3.05) is 32.1 Å². The molecule has 2 amide bonds. The average molecular weight is 396 g/mol. The Hall–Kier alpha value is -2.86. The molecule has 0 aliphatic carbocycles. The molecule has 1 N–H and O–H groups in total. The first-order valence-electron chi connectivity index (χ1n) is 9.89. The summed E-state index contributed by atoms with van der Waals surface area (Å²) in [6.45, 7) is 5.20. The number of anilines is 1. The Kier molecular flexibility index (Phi) is 6.88. The molecule has 1 aliphatic heterocycles. The first kappa shape index (κ1) is 20.9. The van der Waals surface area contributed by atoms with Crippen LogP contribution in [-0.4, -0.2) is 49.6 Å². The van der Waals surface area contributed by atoms with E-state index in [-0.39, 0.29) is 24.5 Å². The highest BCUT2D eigenvalue weighted by Gasteiger charge is 2.17. The van der Waals surface area contributed by atoms with Gasteiger partial charge in [-0.25, -0.2) is 0 Å². The van der Waals surface area contributed by atoms with Gasteiger partial charge in [-0.15, -0.1) is 0 Å². The molecule has 0 aromatic heterocycles. The smallest absolute Gasteiger partial charge is 0.254 e. The zero-order chi connectivity index (χ0) is 20.8. The van der Waals surface area contributed by atoms with Crippen molar-refractivity contribution >= 4 is 17.5 Å². The van der Waals surface area contributed by atoms with Crippen LogP contribution in [0.15, 0.2) is 42.5 Å². The fourth-order valence-corrected chi connectivity index (χ4v) is 3.23. The number of hydrogen-bond acceptors (Lipinski definition) is 4. The number of amides is 2. The van der Waals surface area contributed by atoms with Gasteiger partial charge in [-0.3, -0.25) is 9.59 Å². The molecule has 1 fully saturated rings. The van der Waals surface area contributed by atoms with Crippen molar-refractivity contribution < 1.29 is 19.1 Å². The Balaban J connectivity index is 1.52. The lowest BCUT2D eigenvalue weighted by Gasteiger charge is -2.18. The first-order chi connectivity index (χ1) is 13.9.